The zero-order valence-electron chi connectivity index (χ0n) is 18.1. The van der Waals surface area contributed by atoms with Crippen LogP contribution in [-0.2, 0) is 0 Å². The van der Waals surface area contributed by atoms with Crippen LogP contribution in [0.25, 0.3) is 6.08 Å². The highest BCUT2D eigenvalue weighted by molar-refractivity contribution is 6.15. The number of Topliss-reactive ketones (excluding diaryl/α,β-unsaturated/α-hetero) is 1. The lowest BCUT2D eigenvalue weighted by Gasteiger charge is -2.10. The van der Waals surface area contributed by atoms with Crippen LogP contribution in [-0.4, -0.2) is 11.8 Å². The fourth-order valence-electron chi connectivity index (χ4n) is 3.54. The maximum absolute atomic E-state index is 12.8. The minimum absolute atomic E-state index is 0.178. The Hall–Kier alpha value is -3.66. The zero-order chi connectivity index (χ0) is 22.1. The Morgan fingerprint density at radius 3 is 2.42 bits per heavy atom. The number of aryl methyl sites for hydroxylation is 1. The standard InChI is InChI=1S/C27H24O4/c1-16(2)20-10-8-19(9-11-20)15-24-25(28)22-12-13-23(18(4)26(22)30-24)31-27(29)21-7-5-6-17(3)14-21/h5-16H,1-4H3/b24-15-. The summed E-state index contributed by atoms with van der Waals surface area (Å²) in [5, 5.41) is 0. The second kappa shape index (κ2) is 8.23. The van der Waals surface area contributed by atoms with E-state index in [0.717, 1.165) is 11.1 Å². The summed E-state index contributed by atoms with van der Waals surface area (Å²) in [6, 6.07) is 18.6. The number of hydrogen-bond acceptors (Lipinski definition) is 4. The first-order valence-electron chi connectivity index (χ1n) is 10.3. The molecule has 0 aromatic heterocycles. The van der Waals surface area contributed by atoms with Gasteiger partial charge in [0.25, 0.3) is 0 Å². The van der Waals surface area contributed by atoms with E-state index in [1.54, 1.807) is 37.3 Å². The number of carbonyl (C=O) groups is 2. The highest BCUT2D eigenvalue weighted by atomic mass is 16.5. The van der Waals surface area contributed by atoms with Gasteiger partial charge in [-0.1, -0.05) is 55.8 Å². The molecule has 0 fully saturated rings. The van der Waals surface area contributed by atoms with Crippen LogP contribution in [0.15, 0.2) is 66.4 Å². The molecule has 0 atom stereocenters. The summed E-state index contributed by atoms with van der Waals surface area (Å²) < 4.78 is 11.5. The van der Waals surface area contributed by atoms with E-state index in [4.69, 9.17) is 9.47 Å². The molecule has 0 amide bonds. The molecule has 0 spiro atoms. The molecule has 4 heteroatoms. The van der Waals surface area contributed by atoms with Gasteiger partial charge in [-0.05, 0) is 61.2 Å². The first-order valence-corrected chi connectivity index (χ1v) is 10.3. The van der Waals surface area contributed by atoms with Crippen molar-refractivity contribution in [2.75, 3.05) is 0 Å². The molecule has 4 rings (SSSR count). The van der Waals surface area contributed by atoms with Crippen LogP contribution < -0.4 is 9.47 Å². The van der Waals surface area contributed by atoms with Gasteiger partial charge in [0.1, 0.15) is 11.5 Å². The number of esters is 1. The summed E-state index contributed by atoms with van der Waals surface area (Å²) in [4.78, 5) is 25.3. The number of ketones is 1. The number of rotatable bonds is 4. The zero-order valence-corrected chi connectivity index (χ0v) is 18.1. The lowest BCUT2D eigenvalue weighted by molar-refractivity contribution is 0.0733. The van der Waals surface area contributed by atoms with Gasteiger partial charge >= 0.3 is 5.97 Å². The second-order valence-corrected chi connectivity index (χ2v) is 8.09. The van der Waals surface area contributed by atoms with Crippen molar-refractivity contribution in [2.24, 2.45) is 0 Å². The fraction of sp³-hybridized carbons (Fsp3) is 0.185. The van der Waals surface area contributed by atoms with Crippen LogP contribution in [0.4, 0.5) is 0 Å². The van der Waals surface area contributed by atoms with Crippen molar-refractivity contribution in [3.63, 3.8) is 0 Å². The van der Waals surface area contributed by atoms with Gasteiger partial charge < -0.3 is 9.47 Å². The van der Waals surface area contributed by atoms with Crippen molar-refractivity contribution in [1.82, 2.24) is 0 Å². The van der Waals surface area contributed by atoms with Crippen LogP contribution in [0.5, 0.6) is 11.5 Å². The Balaban J connectivity index is 1.58. The van der Waals surface area contributed by atoms with Gasteiger partial charge in [-0.25, -0.2) is 4.79 Å². The number of ether oxygens (including phenoxy) is 2. The van der Waals surface area contributed by atoms with Crippen molar-refractivity contribution >= 4 is 17.8 Å². The number of carbonyl (C=O) groups excluding carboxylic acids is 2. The first kappa shape index (κ1) is 20.6. The topological polar surface area (TPSA) is 52.6 Å². The number of hydrogen-bond donors (Lipinski definition) is 0. The molecule has 0 saturated carbocycles. The molecule has 0 bridgehead atoms. The van der Waals surface area contributed by atoms with Crippen molar-refractivity contribution < 1.29 is 19.1 Å². The highest BCUT2D eigenvalue weighted by Gasteiger charge is 2.30. The molecular weight excluding hydrogens is 388 g/mol. The lowest BCUT2D eigenvalue weighted by Crippen LogP contribution is -2.09. The largest absolute Gasteiger partial charge is 0.452 e. The average molecular weight is 412 g/mol. The van der Waals surface area contributed by atoms with E-state index >= 15 is 0 Å². The van der Waals surface area contributed by atoms with Gasteiger partial charge in [-0.3, -0.25) is 4.79 Å². The van der Waals surface area contributed by atoms with E-state index in [2.05, 4.69) is 26.0 Å². The maximum Gasteiger partial charge on any atom is 0.343 e. The summed E-state index contributed by atoms with van der Waals surface area (Å²) in [5.41, 5.74) is 4.67. The number of fused-ring (bicyclic) bond motifs is 1. The third kappa shape index (κ3) is 4.15. The molecule has 156 valence electrons. The minimum Gasteiger partial charge on any atom is -0.452 e. The molecule has 0 radical (unpaired) electrons. The molecule has 3 aromatic carbocycles. The normalized spacial score (nSPS) is 14.0. The van der Waals surface area contributed by atoms with E-state index < -0.39 is 5.97 Å². The Bertz CT molecular complexity index is 1200. The van der Waals surface area contributed by atoms with Crippen molar-refractivity contribution in [3.8, 4) is 11.5 Å². The molecule has 0 aliphatic carbocycles. The molecule has 1 aliphatic heterocycles. The quantitative estimate of drug-likeness (QED) is 0.288. The van der Waals surface area contributed by atoms with Gasteiger partial charge in [-0.15, -0.1) is 0 Å². The molecule has 1 heterocycles. The maximum atomic E-state index is 12.8. The van der Waals surface area contributed by atoms with E-state index in [1.807, 2.05) is 31.2 Å². The van der Waals surface area contributed by atoms with Gasteiger partial charge in [0.15, 0.2) is 5.76 Å². The molecule has 1 aliphatic rings. The van der Waals surface area contributed by atoms with E-state index in [0.29, 0.717) is 34.1 Å². The summed E-state index contributed by atoms with van der Waals surface area (Å²) in [6.07, 6.45) is 1.74. The highest BCUT2D eigenvalue weighted by Crippen LogP contribution is 2.39. The van der Waals surface area contributed by atoms with Crippen LogP contribution >= 0.6 is 0 Å². The second-order valence-electron chi connectivity index (χ2n) is 8.09. The predicted molar refractivity (Wildman–Crippen MR) is 121 cm³/mol. The number of benzene rings is 3. The molecule has 0 N–H and O–H groups in total. The van der Waals surface area contributed by atoms with Crippen LogP contribution in [0.1, 0.15) is 62.7 Å². The number of allylic oxidation sites excluding steroid dienone is 1. The third-order valence-electron chi connectivity index (χ3n) is 5.39. The average Bonchev–Trinajstić information content (AvgIpc) is 3.06. The molecule has 0 unspecified atom stereocenters. The summed E-state index contributed by atoms with van der Waals surface area (Å²) in [7, 11) is 0. The summed E-state index contributed by atoms with van der Waals surface area (Å²) in [6.45, 7) is 7.98. The third-order valence-corrected chi connectivity index (χ3v) is 5.39. The van der Waals surface area contributed by atoms with Crippen molar-refractivity contribution in [3.05, 3.63) is 99.8 Å². The predicted octanol–water partition coefficient (Wildman–Crippen LogP) is 6.26. The lowest BCUT2D eigenvalue weighted by atomic mass is 10.0. The van der Waals surface area contributed by atoms with E-state index in [-0.39, 0.29) is 11.5 Å². The Morgan fingerprint density at radius 2 is 1.74 bits per heavy atom. The Kier molecular flexibility index (Phi) is 5.47. The van der Waals surface area contributed by atoms with E-state index in [1.165, 1.54) is 5.56 Å². The molecule has 31 heavy (non-hydrogen) atoms. The Morgan fingerprint density at radius 1 is 1.00 bits per heavy atom. The van der Waals surface area contributed by atoms with Gasteiger partial charge in [-0.2, -0.15) is 0 Å². The van der Waals surface area contributed by atoms with Crippen LogP contribution in [0.3, 0.4) is 0 Å². The van der Waals surface area contributed by atoms with Crippen molar-refractivity contribution in [2.45, 2.75) is 33.6 Å². The van der Waals surface area contributed by atoms with E-state index in [9.17, 15) is 9.59 Å². The molecule has 3 aromatic rings. The summed E-state index contributed by atoms with van der Waals surface area (Å²) >= 11 is 0. The van der Waals surface area contributed by atoms with Crippen LogP contribution in [0.2, 0.25) is 0 Å². The van der Waals surface area contributed by atoms with Gasteiger partial charge in [0.2, 0.25) is 5.78 Å². The summed E-state index contributed by atoms with van der Waals surface area (Å²) in [5.74, 6) is 0.890. The van der Waals surface area contributed by atoms with Crippen LogP contribution in [0, 0.1) is 13.8 Å². The molecule has 4 nitrogen and oxygen atoms in total. The van der Waals surface area contributed by atoms with Gasteiger partial charge in [0.05, 0.1) is 11.1 Å². The smallest absolute Gasteiger partial charge is 0.343 e. The molecular formula is C27H24O4. The monoisotopic (exact) mass is 412 g/mol. The van der Waals surface area contributed by atoms with Crippen molar-refractivity contribution in [1.29, 1.82) is 0 Å². The SMILES string of the molecule is Cc1cccc(C(=O)Oc2ccc3c(c2C)O/C(=C\c2ccc(C(C)C)cc2)C3=O)c1. The first-order chi connectivity index (χ1) is 14.8. The Labute approximate surface area is 182 Å². The molecule has 0 saturated heterocycles. The minimum atomic E-state index is -0.447. The fourth-order valence-corrected chi connectivity index (χ4v) is 3.54. The van der Waals surface area contributed by atoms with Gasteiger partial charge in [0, 0.05) is 5.56 Å².